The average molecular weight is 290 g/mol. The number of carbonyl (C=O) groups excluding carboxylic acids is 1. The van der Waals surface area contributed by atoms with Crippen molar-refractivity contribution in [2.75, 3.05) is 31.7 Å². The molecule has 0 radical (unpaired) electrons. The predicted molar refractivity (Wildman–Crippen MR) is 80.6 cm³/mol. The minimum Gasteiger partial charge on any atom is -0.454 e. The lowest BCUT2D eigenvalue weighted by molar-refractivity contribution is -0.116. The van der Waals surface area contributed by atoms with Crippen LogP contribution in [0.2, 0.25) is 0 Å². The van der Waals surface area contributed by atoms with Gasteiger partial charge in [0.1, 0.15) is 0 Å². The molecule has 3 rings (SSSR count). The first-order chi connectivity index (χ1) is 10.2. The van der Waals surface area contributed by atoms with Crippen LogP contribution in [-0.2, 0) is 4.79 Å². The van der Waals surface area contributed by atoms with Gasteiger partial charge in [-0.3, -0.25) is 4.79 Å². The molecule has 5 heteroatoms. The molecule has 0 saturated carbocycles. The van der Waals surface area contributed by atoms with Gasteiger partial charge in [0.05, 0.1) is 0 Å². The number of piperidine rings is 1. The minimum absolute atomic E-state index is 0.0482. The number of hydrogen-bond acceptors (Lipinski definition) is 4. The Morgan fingerprint density at radius 3 is 3.10 bits per heavy atom. The van der Waals surface area contributed by atoms with Crippen LogP contribution in [0.5, 0.6) is 11.5 Å². The number of nitrogens with one attached hydrogen (secondary N) is 1. The van der Waals surface area contributed by atoms with E-state index in [1.54, 1.807) is 0 Å². The number of benzene rings is 1. The van der Waals surface area contributed by atoms with Crippen molar-refractivity contribution in [1.82, 2.24) is 4.90 Å². The Labute approximate surface area is 125 Å². The Kier molecular flexibility index (Phi) is 4.29. The van der Waals surface area contributed by atoms with Crippen molar-refractivity contribution in [1.29, 1.82) is 0 Å². The number of likely N-dealkylation sites (tertiary alicyclic amines) is 1. The number of hydrogen-bond donors (Lipinski definition) is 1. The molecule has 0 aliphatic carbocycles. The maximum Gasteiger partial charge on any atom is 0.231 e. The third kappa shape index (κ3) is 3.67. The monoisotopic (exact) mass is 290 g/mol. The molecule has 2 aliphatic rings. The molecule has 1 atom stereocenters. The number of ether oxygens (including phenoxy) is 2. The molecule has 0 unspecified atom stereocenters. The van der Waals surface area contributed by atoms with Gasteiger partial charge in [0.25, 0.3) is 0 Å². The zero-order valence-corrected chi connectivity index (χ0v) is 12.4. The first kappa shape index (κ1) is 14.2. The van der Waals surface area contributed by atoms with E-state index in [2.05, 4.69) is 17.1 Å². The lowest BCUT2D eigenvalue weighted by Gasteiger charge is -2.30. The van der Waals surface area contributed by atoms with E-state index in [1.807, 2.05) is 18.2 Å². The zero-order valence-electron chi connectivity index (χ0n) is 12.4. The Bertz CT molecular complexity index is 518. The van der Waals surface area contributed by atoms with Gasteiger partial charge in [-0.25, -0.2) is 0 Å². The predicted octanol–water partition coefficient (Wildman–Crippen LogP) is 2.48. The van der Waals surface area contributed by atoms with Crippen molar-refractivity contribution in [2.24, 2.45) is 5.92 Å². The first-order valence-corrected chi connectivity index (χ1v) is 7.62. The maximum atomic E-state index is 12.0. The highest BCUT2D eigenvalue weighted by Crippen LogP contribution is 2.34. The molecule has 2 heterocycles. The van der Waals surface area contributed by atoms with E-state index in [1.165, 1.54) is 12.8 Å². The normalized spacial score (nSPS) is 21.3. The van der Waals surface area contributed by atoms with Gasteiger partial charge < -0.3 is 19.7 Å². The minimum atomic E-state index is 0.0482. The second-order valence-electron chi connectivity index (χ2n) is 5.91. The van der Waals surface area contributed by atoms with Crippen molar-refractivity contribution in [3.8, 4) is 11.5 Å². The van der Waals surface area contributed by atoms with Crippen LogP contribution >= 0.6 is 0 Å². The van der Waals surface area contributed by atoms with Crippen LogP contribution in [0.1, 0.15) is 26.2 Å². The molecule has 0 bridgehead atoms. The van der Waals surface area contributed by atoms with Crippen LogP contribution in [0.25, 0.3) is 0 Å². The second kappa shape index (κ2) is 6.35. The van der Waals surface area contributed by atoms with Gasteiger partial charge in [0.2, 0.25) is 12.7 Å². The number of rotatable bonds is 4. The fraction of sp³-hybridized carbons (Fsp3) is 0.562. The van der Waals surface area contributed by atoms with Crippen LogP contribution in [0.4, 0.5) is 5.69 Å². The topological polar surface area (TPSA) is 50.8 Å². The molecule has 1 aromatic carbocycles. The molecule has 114 valence electrons. The van der Waals surface area contributed by atoms with E-state index >= 15 is 0 Å². The highest BCUT2D eigenvalue weighted by molar-refractivity contribution is 5.91. The molecule has 0 aromatic heterocycles. The van der Waals surface area contributed by atoms with Crippen LogP contribution in [0, 0.1) is 5.92 Å². The highest BCUT2D eigenvalue weighted by Gasteiger charge is 2.17. The summed E-state index contributed by atoms with van der Waals surface area (Å²) in [7, 11) is 0. The zero-order chi connectivity index (χ0) is 14.7. The van der Waals surface area contributed by atoms with Crippen LogP contribution in [0.3, 0.4) is 0 Å². The molecule has 2 aliphatic heterocycles. The van der Waals surface area contributed by atoms with Crippen molar-refractivity contribution in [3.63, 3.8) is 0 Å². The Morgan fingerprint density at radius 1 is 1.38 bits per heavy atom. The largest absolute Gasteiger partial charge is 0.454 e. The van der Waals surface area contributed by atoms with Crippen molar-refractivity contribution in [3.05, 3.63) is 18.2 Å². The van der Waals surface area contributed by atoms with Gasteiger partial charge in [-0.15, -0.1) is 0 Å². The molecular formula is C16H22N2O3. The number of anilines is 1. The van der Waals surface area contributed by atoms with Crippen LogP contribution in [-0.4, -0.2) is 37.2 Å². The standard InChI is InChI=1S/C16H22N2O3/c1-12-3-2-7-18(10-12)8-6-16(19)17-13-4-5-14-15(9-13)21-11-20-14/h4-5,9,12H,2-3,6-8,10-11H2,1H3,(H,17,19)/t12-/m0/s1. The third-order valence-electron chi connectivity index (χ3n) is 4.05. The lowest BCUT2D eigenvalue weighted by atomic mass is 10.0. The van der Waals surface area contributed by atoms with E-state index in [0.717, 1.165) is 37.0 Å². The Balaban J connectivity index is 1.48. The SMILES string of the molecule is C[C@H]1CCCN(CCC(=O)Nc2ccc3c(c2)OCO3)C1. The summed E-state index contributed by atoms with van der Waals surface area (Å²) < 4.78 is 10.6. The van der Waals surface area contributed by atoms with Gasteiger partial charge in [-0.1, -0.05) is 6.92 Å². The van der Waals surface area contributed by atoms with Gasteiger partial charge in [0, 0.05) is 31.3 Å². The smallest absolute Gasteiger partial charge is 0.231 e. The summed E-state index contributed by atoms with van der Waals surface area (Å²) in [6, 6.07) is 5.47. The third-order valence-corrected chi connectivity index (χ3v) is 4.05. The van der Waals surface area contributed by atoms with Crippen molar-refractivity contribution < 1.29 is 14.3 Å². The lowest BCUT2D eigenvalue weighted by Crippen LogP contribution is -2.36. The number of amides is 1. The van der Waals surface area contributed by atoms with Gasteiger partial charge in [0.15, 0.2) is 11.5 Å². The van der Waals surface area contributed by atoms with Crippen molar-refractivity contribution >= 4 is 11.6 Å². The fourth-order valence-corrected chi connectivity index (χ4v) is 2.95. The first-order valence-electron chi connectivity index (χ1n) is 7.62. The summed E-state index contributed by atoms with van der Waals surface area (Å²) in [6.07, 6.45) is 3.08. The fourth-order valence-electron chi connectivity index (χ4n) is 2.95. The molecule has 1 aromatic rings. The Morgan fingerprint density at radius 2 is 2.24 bits per heavy atom. The molecule has 0 spiro atoms. The van der Waals surface area contributed by atoms with Crippen LogP contribution < -0.4 is 14.8 Å². The number of fused-ring (bicyclic) bond motifs is 1. The summed E-state index contributed by atoms with van der Waals surface area (Å²) in [5, 5.41) is 2.92. The van der Waals surface area contributed by atoms with E-state index in [4.69, 9.17) is 9.47 Å². The second-order valence-corrected chi connectivity index (χ2v) is 5.91. The summed E-state index contributed by atoms with van der Waals surface area (Å²) >= 11 is 0. The molecule has 1 N–H and O–H groups in total. The molecule has 21 heavy (non-hydrogen) atoms. The molecule has 5 nitrogen and oxygen atoms in total. The molecule has 1 saturated heterocycles. The van der Waals surface area contributed by atoms with E-state index in [-0.39, 0.29) is 12.7 Å². The average Bonchev–Trinajstić information content (AvgIpc) is 2.93. The highest BCUT2D eigenvalue weighted by atomic mass is 16.7. The van der Waals surface area contributed by atoms with Crippen molar-refractivity contribution in [2.45, 2.75) is 26.2 Å². The quantitative estimate of drug-likeness (QED) is 0.925. The molecule has 1 amide bonds. The molecule has 1 fully saturated rings. The summed E-state index contributed by atoms with van der Waals surface area (Å²) in [5.41, 5.74) is 0.760. The number of nitrogens with zero attached hydrogens (tertiary/aromatic N) is 1. The Hall–Kier alpha value is -1.75. The van der Waals surface area contributed by atoms with E-state index in [9.17, 15) is 4.79 Å². The number of carbonyl (C=O) groups is 1. The van der Waals surface area contributed by atoms with E-state index in [0.29, 0.717) is 12.2 Å². The van der Waals surface area contributed by atoms with E-state index < -0.39 is 0 Å². The summed E-state index contributed by atoms with van der Waals surface area (Å²) in [5.74, 6) is 2.22. The van der Waals surface area contributed by atoms with Gasteiger partial charge in [-0.05, 0) is 37.4 Å². The molecular weight excluding hydrogens is 268 g/mol. The summed E-state index contributed by atoms with van der Waals surface area (Å²) in [4.78, 5) is 14.4. The van der Waals surface area contributed by atoms with Gasteiger partial charge in [-0.2, -0.15) is 0 Å². The van der Waals surface area contributed by atoms with Gasteiger partial charge >= 0.3 is 0 Å². The van der Waals surface area contributed by atoms with Crippen LogP contribution in [0.15, 0.2) is 18.2 Å². The maximum absolute atomic E-state index is 12.0. The summed E-state index contributed by atoms with van der Waals surface area (Å²) in [6.45, 7) is 5.58.